The minimum Gasteiger partial charge on any atom is -0.393 e. The molecule has 0 aliphatic heterocycles. The van der Waals surface area contributed by atoms with Crippen molar-refractivity contribution in [3.05, 3.63) is 33.8 Å². The van der Waals surface area contributed by atoms with E-state index in [0.717, 1.165) is 12.0 Å². The van der Waals surface area contributed by atoms with Gasteiger partial charge in [-0.3, -0.25) is 0 Å². The Morgan fingerprint density at radius 3 is 2.61 bits per heavy atom. The molecule has 1 aliphatic rings. The van der Waals surface area contributed by atoms with Crippen LogP contribution in [0.3, 0.4) is 0 Å². The number of benzene rings is 1. The van der Waals surface area contributed by atoms with Crippen LogP contribution in [0.15, 0.2) is 18.2 Å². The average molecular weight is 287 g/mol. The third-order valence-corrected chi connectivity index (χ3v) is 4.40. The summed E-state index contributed by atoms with van der Waals surface area (Å²) in [6.07, 6.45) is 7.71. The van der Waals surface area contributed by atoms with Crippen molar-refractivity contribution in [2.75, 3.05) is 0 Å². The van der Waals surface area contributed by atoms with Crippen molar-refractivity contribution in [1.29, 1.82) is 0 Å². The summed E-state index contributed by atoms with van der Waals surface area (Å²) in [5.74, 6) is 0.687. The van der Waals surface area contributed by atoms with Crippen LogP contribution in [0.1, 0.15) is 44.1 Å². The lowest BCUT2D eigenvalue weighted by molar-refractivity contribution is 0.130. The number of rotatable bonds is 4. The van der Waals surface area contributed by atoms with Gasteiger partial charge in [0.2, 0.25) is 0 Å². The van der Waals surface area contributed by atoms with Gasteiger partial charge in [-0.25, -0.2) is 0 Å². The third-order valence-electron chi connectivity index (χ3n) is 3.79. The highest BCUT2D eigenvalue weighted by Crippen LogP contribution is 2.29. The van der Waals surface area contributed by atoms with Gasteiger partial charge >= 0.3 is 0 Å². The molecule has 0 heterocycles. The normalized spacial score (nSPS) is 18.8. The van der Waals surface area contributed by atoms with Gasteiger partial charge < -0.3 is 5.11 Å². The highest BCUT2D eigenvalue weighted by atomic mass is 35.5. The molecule has 1 aliphatic carbocycles. The average Bonchev–Trinajstić information content (AvgIpc) is 2.35. The molecule has 0 radical (unpaired) electrons. The predicted molar refractivity (Wildman–Crippen MR) is 77.4 cm³/mol. The topological polar surface area (TPSA) is 20.2 Å². The third kappa shape index (κ3) is 4.15. The summed E-state index contributed by atoms with van der Waals surface area (Å²) in [4.78, 5) is 0. The Morgan fingerprint density at radius 1 is 1.17 bits per heavy atom. The van der Waals surface area contributed by atoms with Gasteiger partial charge in [0.25, 0.3) is 0 Å². The Hall–Kier alpha value is -0.240. The molecule has 2 rings (SSSR count). The maximum absolute atomic E-state index is 10.2. The van der Waals surface area contributed by atoms with Crippen LogP contribution in [-0.4, -0.2) is 11.2 Å². The zero-order valence-electron chi connectivity index (χ0n) is 10.5. The van der Waals surface area contributed by atoms with Crippen LogP contribution < -0.4 is 0 Å². The molecule has 0 spiro atoms. The minimum atomic E-state index is -0.302. The van der Waals surface area contributed by atoms with E-state index in [0.29, 0.717) is 22.4 Å². The SMILES string of the molecule is OC(Cc1cc(Cl)ccc1Cl)CC1CCCCC1. The second-order valence-electron chi connectivity index (χ2n) is 5.33. The maximum atomic E-state index is 10.2. The van der Waals surface area contributed by atoms with Crippen LogP contribution in [-0.2, 0) is 6.42 Å². The molecule has 1 aromatic rings. The number of aliphatic hydroxyl groups excluding tert-OH is 1. The molecule has 0 aromatic heterocycles. The molecule has 1 saturated carbocycles. The molecule has 1 nitrogen and oxygen atoms in total. The monoisotopic (exact) mass is 286 g/mol. The highest BCUT2D eigenvalue weighted by molar-refractivity contribution is 6.33. The van der Waals surface area contributed by atoms with Crippen molar-refractivity contribution < 1.29 is 5.11 Å². The van der Waals surface area contributed by atoms with E-state index in [9.17, 15) is 5.11 Å². The van der Waals surface area contributed by atoms with Gasteiger partial charge in [-0.2, -0.15) is 0 Å². The van der Waals surface area contributed by atoms with E-state index in [-0.39, 0.29) is 6.10 Å². The lowest BCUT2D eigenvalue weighted by Crippen LogP contribution is -2.18. The number of hydrogen-bond acceptors (Lipinski definition) is 1. The number of hydrogen-bond donors (Lipinski definition) is 1. The summed E-state index contributed by atoms with van der Waals surface area (Å²) < 4.78 is 0. The quantitative estimate of drug-likeness (QED) is 0.837. The Morgan fingerprint density at radius 2 is 1.89 bits per heavy atom. The van der Waals surface area contributed by atoms with E-state index >= 15 is 0 Å². The van der Waals surface area contributed by atoms with Gasteiger partial charge in [0, 0.05) is 10.0 Å². The molecule has 18 heavy (non-hydrogen) atoms. The van der Waals surface area contributed by atoms with Crippen molar-refractivity contribution >= 4 is 23.2 Å². The Labute approximate surface area is 119 Å². The molecule has 0 bridgehead atoms. The van der Waals surface area contributed by atoms with E-state index < -0.39 is 0 Å². The molecule has 0 amide bonds. The van der Waals surface area contributed by atoms with Gasteiger partial charge in [0.15, 0.2) is 0 Å². The lowest BCUT2D eigenvalue weighted by Gasteiger charge is -2.24. The fourth-order valence-corrected chi connectivity index (χ4v) is 3.23. The summed E-state index contributed by atoms with van der Waals surface area (Å²) in [5.41, 5.74) is 0.951. The predicted octanol–water partition coefficient (Wildman–Crippen LogP) is 4.87. The summed E-state index contributed by atoms with van der Waals surface area (Å²) in [6.45, 7) is 0. The first kappa shape index (κ1) is 14.2. The first-order valence-electron chi connectivity index (χ1n) is 6.77. The van der Waals surface area contributed by atoms with Gasteiger partial charge in [-0.1, -0.05) is 55.3 Å². The maximum Gasteiger partial charge on any atom is 0.0583 e. The first-order valence-corrected chi connectivity index (χ1v) is 7.52. The standard InChI is InChI=1S/C15H20Cl2O/c16-13-6-7-15(17)12(9-13)10-14(18)8-11-4-2-1-3-5-11/h6-7,9,11,14,18H,1-5,8,10H2. The summed E-state index contributed by atoms with van der Waals surface area (Å²) >= 11 is 12.1. The van der Waals surface area contributed by atoms with E-state index in [1.807, 2.05) is 6.07 Å². The largest absolute Gasteiger partial charge is 0.393 e. The van der Waals surface area contributed by atoms with E-state index in [1.54, 1.807) is 12.1 Å². The van der Waals surface area contributed by atoms with Gasteiger partial charge in [-0.15, -0.1) is 0 Å². The molecule has 1 fully saturated rings. The van der Waals surface area contributed by atoms with Crippen LogP contribution in [0, 0.1) is 5.92 Å². The minimum absolute atomic E-state index is 0.302. The summed E-state index contributed by atoms with van der Waals surface area (Å²) in [5, 5.41) is 11.5. The van der Waals surface area contributed by atoms with Crippen LogP contribution in [0.25, 0.3) is 0 Å². The second-order valence-corrected chi connectivity index (χ2v) is 6.18. The van der Waals surface area contributed by atoms with E-state index in [4.69, 9.17) is 23.2 Å². The van der Waals surface area contributed by atoms with Crippen LogP contribution >= 0.6 is 23.2 Å². The summed E-state index contributed by atoms with van der Waals surface area (Å²) in [7, 11) is 0. The molecule has 1 atom stereocenters. The van der Waals surface area contributed by atoms with Crippen molar-refractivity contribution in [1.82, 2.24) is 0 Å². The molecule has 3 heteroatoms. The molecule has 1 N–H and O–H groups in total. The van der Waals surface area contributed by atoms with Crippen LogP contribution in [0.5, 0.6) is 0 Å². The fraction of sp³-hybridized carbons (Fsp3) is 0.600. The zero-order chi connectivity index (χ0) is 13.0. The smallest absolute Gasteiger partial charge is 0.0583 e. The van der Waals surface area contributed by atoms with E-state index in [2.05, 4.69) is 0 Å². The Kier molecular flexibility index (Phi) is 5.35. The Balaban J connectivity index is 1.89. The highest BCUT2D eigenvalue weighted by Gasteiger charge is 2.18. The molecule has 0 saturated heterocycles. The number of halogens is 2. The molecule has 1 unspecified atom stereocenters. The second kappa shape index (κ2) is 6.79. The Bertz CT molecular complexity index is 386. The van der Waals surface area contributed by atoms with Crippen LogP contribution in [0.2, 0.25) is 10.0 Å². The van der Waals surface area contributed by atoms with E-state index in [1.165, 1.54) is 32.1 Å². The fourth-order valence-electron chi connectivity index (χ4n) is 2.84. The zero-order valence-corrected chi connectivity index (χ0v) is 12.1. The van der Waals surface area contributed by atoms with Crippen LogP contribution in [0.4, 0.5) is 0 Å². The molecule has 100 valence electrons. The van der Waals surface area contributed by atoms with Gasteiger partial charge in [0.1, 0.15) is 0 Å². The molecule has 1 aromatic carbocycles. The lowest BCUT2D eigenvalue weighted by atomic mass is 9.84. The number of aliphatic hydroxyl groups is 1. The van der Waals surface area contributed by atoms with Crippen molar-refractivity contribution in [3.8, 4) is 0 Å². The van der Waals surface area contributed by atoms with Crippen molar-refractivity contribution in [3.63, 3.8) is 0 Å². The first-order chi connectivity index (χ1) is 8.65. The molecular weight excluding hydrogens is 267 g/mol. The van der Waals surface area contributed by atoms with Gasteiger partial charge in [-0.05, 0) is 42.5 Å². The molecular formula is C15H20Cl2O. The van der Waals surface area contributed by atoms with Crippen molar-refractivity contribution in [2.45, 2.75) is 51.0 Å². The van der Waals surface area contributed by atoms with Crippen molar-refractivity contribution in [2.24, 2.45) is 5.92 Å². The van der Waals surface area contributed by atoms with Gasteiger partial charge in [0.05, 0.1) is 6.10 Å². The summed E-state index contributed by atoms with van der Waals surface area (Å²) in [6, 6.07) is 5.43.